The average molecular weight is 194 g/mol. The Kier molecular flexibility index (Phi) is 6.61. The summed E-state index contributed by atoms with van der Waals surface area (Å²) in [5.74, 6) is 1.60. The van der Waals surface area contributed by atoms with Crippen LogP contribution in [0.15, 0.2) is 23.8 Å². The molecule has 0 radical (unpaired) electrons. The summed E-state index contributed by atoms with van der Waals surface area (Å²) in [7, 11) is 0. The van der Waals surface area contributed by atoms with Crippen LogP contribution in [0.25, 0.3) is 0 Å². The zero-order valence-electron chi connectivity index (χ0n) is 10.6. The molecule has 0 N–H and O–H groups in total. The van der Waals surface area contributed by atoms with E-state index in [0.29, 0.717) is 0 Å². The summed E-state index contributed by atoms with van der Waals surface area (Å²) >= 11 is 0. The highest BCUT2D eigenvalue weighted by molar-refractivity contribution is 5.09. The maximum Gasteiger partial charge on any atom is -0.0171 e. The molecule has 82 valence electrons. The first-order valence-corrected chi connectivity index (χ1v) is 5.74. The summed E-state index contributed by atoms with van der Waals surface area (Å²) in [6, 6.07) is 0. The van der Waals surface area contributed by atoms with E-state index in [-0.39, 0.29) is 0 Å². The Labute approximate surface area is 90.1 Å². The molecular formula is C14H26. The van der Waals surface area contributed by atoms with Gasteiger partial charge in [0.15, 0.2) is 0 Å². The van der Waals surface area contributed by atoms with Gasteiger partial charge in [0.2, 0.25) is 0 Å². The van der Waals surface area contributed by atoms with E-state index in [1.54, 1.807) is 5.57 Å². The molecule has 0 aromatic rings. The Morgan fingerprint density at radius 1 is 1.43 bits per heavy atom. The van der Waals surface area contributed by atoms with E-state index in [1.165, 1.54) is 24.8 Å². The van der Waals surface area contributed by atoms with Gasteiger partial charge in [-0.15, -0.1) is 0 Å². The minimum atomic E-state index is 0.767. The minimum Gasteiger partial charge on any atom is -0.0998 e. The molecule has 0 amide bonds. The maximum absolute atomic E-state index is 3.97. The van der Waals surface area contributed by atoms with Crippen molar-refractivity contribution in [2.24, 2.45) is 11.8 Å². The summed E-state index contributed by atoms with van der Waals surface area (Å²) in [5, 5.41) is 0. The Morgan fingerprint density at radius 3 is 2.21 bits per heavy atom. The normalized spacial score (nSPS) is 21.0. The second kappa shape index (κ2) is 6.86. The predicted octanol–water partition coefficient (Wildman–Crippen LogP) is 4.97. The lowest BCUT2D eigenvalue weighted by atomic mass is 9.86. The zero-order chi connectivity index (χ0) is 11.1. The fraction of sp³-hybridized carbons (Fsp3) is 0.714. The van der Waals surface area contributed by atoms with Crippen molar-refractivity contribution in [3.63, 3.8) is 0 Å². The van der Waals surface area contributed by atoms with E-state index in [9.17, 15) is 0 Å². The van der Waals surface area contributed by atoms with Crippen LogP contribution < -0.4 is 0 Å². The quantitative estimate of drug-likeness (QED) is 0.517. The molecule has 0 nitrogen and oxygen atoms in total. The molecule has 0 saturated carbocycles. The van der Waals surface area contributed by atoms with Crippen molar-refractivity contribution >= 4 is 0 Å². The largest absolute Gasteiger partial charge is 0.0998 e. The van der Waals surface area contributed by atoms with Crippen molar-refractivity contribution in [2.45, 2.75) is 53.9 Å². The molecule has 0 heterocycles. The maximum atomic E-state index is 3.97. The van der Waals surface area contributed by atoms with Crippen LogP contribution in [0.2, 0.25) is 0 Å². The van der Waals surface area contributed by atoms with Gasteiger partial charge >= 0.3 is 0 Å². The van der Waals surface area contributed by atoms with Gasteiger partial charge in [0, 0.05) is 0 Å². The van der Waals surface area contributed by atoms with Crippen LogP contribution in [0.4, 0.5) is 0 Å². The van der Waals surface area contributed by atoms with E-state index in [0.717, 1.165) is 11.8 Å². The molecule has 0 heteroatoms. The van der Waals surface area contributed by atoms with Crippen molar-refractivity contribution in [3.05, 3.63) is 23.8 Å². The lowest BCUT2D eigenvalue weighted by molar-refractivity contribution is 0.540. The summed E-state index contributed by atoms with van der Waals surface area (Å²) in [6.45, 7) is 14.8. The Morgan fingerprint density at radius 2 is 1.93 bits per heavy atom. The summed E-state index contributed by atoms with van der Waals surface area (Å²) < 4.78 is 0. The van der Waals surface area contributed by atoms with Crippen molar-refractivity contribution in [1.82, 2.24) is 0 Å². The van der Waals surface area contributed by atoms with Crippen LogP contribution in [0.3, 0.4) is 0 Å². The minimum absolute atomic E-state index is 0.767. The van der Waals surface area contributed by atoms with E-state index in [1.807, 2.05) is 0 Å². The molecule has 0 fully saturated rings. The molecule has 1 atom stereocenters. The van der Waals surface area contributed by atoms with Crippen molar-refractivity contribution < 1.29 is 0 Å². The molecule has 1 unspecified atom stereocenters. The van der Waals surface area contributed by atoms with Crippen LogP contribution in [-0.4, -0.2) is 0 Å². The second-order valence-electron chi connectivity index (χ2n) is 5.10. The highest BCUT2D eigenvalue weighted by Gasteiger charge is 2.11. The van der Waals surface area contributed by atoms with Crippen molar-refractivity contribution in [3.8, 4) is 0 Å². The molecule has 1 aliphatic carbocycles. The molecule has 0 bridgehead atoms. The Bertz CT molecular complexity index is 193. The zero-order valence-corrected chi connectivity index (χ0v) is 10.6. The van der Waals surface area contributed by atoms with Crippen molar-refractivity contribution in [2.75, 3.05) is 0 Å². The highest BCUT2D eigenvalue weighted by atomic mass is 14.2. The molecular weight excluding hydrogens is 168 g/mol. The van der Waals surface area contributed by atoms with Gasteiger partial charge in [-0.2, -0.15) is 0 Å². The van der Waals surface area contributed by atoms with Gasteiger partial charge in [-0.1, -0.05) is 44.6 Å². The SMILES string of the molecule is C=C(C)C1CC=C(C)CC1.CC(C)C. The molecule has 1 rings (SSSR count). The van der Waals surface area contributed by atoms with Gasteiger partial charge in [-0.3, -0.25) is 0 Å². The predicted molar refractivity (Wildman–Crippen MR) is 66.4 cm³/mol. The van der Waals surface area contributed by atoms with Gasteiger partial charge in [0.25, 0.3) is 0 Å². The second-order valence-corrected chi connectivity index (χ2v) is 5.10. The third-order valence-corrected chi connectivity index (χ3v) is 2.33. The van der Waals surface area contributed by atoms with Gasteiger partial charge in [0.1, 0.15) is 0 Å². The first-order valence-electron chi connectivity index (χ1n) is 5.74. The number of hydrogen-bond acceptors (Lipinski definition) is 0. The van der Waals surface area contributed by atoms with Gasteiger partial charge in [0.05, 0.1) is 0 Å². The lowest BCUT2D eigenvalue weighted by Crippen LogP contribution is -2.04. The monoisotopic (exact) mass is 194 g/mol. The standard InChI is InChI=1S/C10H16.C4H10/c1-8(2)10-6-4-9(3)5-7-10;1-4(2)3/h4,10H,1,5-7H2,2-3H3;4H,1-3H3. The van der Waals surface area contributed by atoms with Gasteiger partial charge in [-0.25, -0.2) is 0 Å². The number of hydrogen-bond donors (Lipinski definition) is 0. The molecule has 0 aromatic carbocycles. The molecule has 14 heavy (non-hydrogen) atoms. The third kappa shape index (κ3) is 6.94. The first kappa shape index (κ1) is 13.5. The third-order valence-electron chi connectivity index (χ3n) is 2.33. The number of rotatable bonds is 1. The van der Waals surface area contributed by atoms with Crippen LogP contribution in [0.1, 0.15) is 53.9 Å². The summed E-state index contributed by atoms with van der Waals surface area (Å²) in [6.07, 6.45) is 6.17. The number of allylic oxidation sites excluding steroid dienone is 3. The van der Waals surface area contributed by atoms with Gasteiger partial charge < -0.3 is 0 Å². The molecule has 0 aromatic heterocycles. The fourth-order valence-electron chi connectivity index (χ4n) is 1.41. The van der Waals surface area contributed by atoms with Crippen LogP contribution in [-0.2, 0) is 0 Å². The van der Waals surface area contributed by atoms with E-state index < -0.39 is 0 Å². The van der Waals surface area contributed by atoms with Crippen LogP contribution in [0.5, 0.6) is 0 Å². The van der Waals surface area contributed by atoms with E-state index in [4.69, 9.17) is 0 Å². The topological polar surface area (TPSA) is 0 Å². The van der Waals surface area contributed by atoms with Gasteiger partial charge in [-0.05, 0) is 44.9 Å². The van der Waals surface area contributed by atoms with E-state index >= 15 is 0 Å². The highest BCUT2D eigenvalue weighted by Crippen LogP contribution is 2.27. The summed E-state index contributed by atoms with van der Waals surface area (Å²) in [4.78, 5) is 0. The Hall–Kier alpha value is -0.520. The Balaban J connectivity index is 0.000000364. The fourth-order valence-corrected chi connectivity index (χ4v) is 1.41. The molecule has 0 saturated heterocycles. The lowest BCUT2D eigenvalue weighted by Gasteiger charge is -2.19. The average Bonchev–Trinajstić information content (AvgIpc) is 2.03. The molecule has 1 aliphatic rings. The smallest absolute Gasteiger partial charge is 0.0171 e. The van der Waals surface area contributed by atoms with Crippen LogP contribution in [0, 0.1) is 11.8 Å². The van der Waals surface area contributed by atoms with Crippen LogP contribution >= 0.6 is 0 Å². The molecule has 0 aliphatic heterocycles. The van der Waals surface area contributed by atoms with E-state index in [2.05, 4.69) is 47.3 Å². The summed E-state index contributed by atoms with van der Waals surface area (Å²) in [5.41, 5.74) is 2.90. The first-order chi connectivity index (χ1) is 6.43. The van der Waals surface area contributed by atoms with Crippen molar-refractivity contribution in [1.29, 1.82) is 0 Å². The molecule has 0 spiro atoms.